The number of methoxy groups -OCH3 is 3. The first kappa shape index (κ1) is 21.1. The maximum Gasteiger partial charge on any atom is 0.146 e. The highest BCUT2D eigenvalue weighted by Crippen LogP contribution is 2.29. The van der Waals surface area contributed by atoms with Crippen molar-refractivity contribution in [2.24, 2.45) is 5.41 Å². The van der Waals surface area contributed by atoms with Gasteiger partial charge in [0.05, 0.1) is 32.0 Å². The Morgan fingerprint density at radius 3 is 2.29 bits per heavy atom. The summed E-state index contributed by atoms with van der Waals surface area (Å²) >= 11 is 0. The molecule has 0 aliphatic rings. The molecule has 0 spiro atoms. The standard InChI is InChI=1S/C19H32O5/c1-19(2,14-23-15-21-4)18(11-17(22-5)13-20-3)24-12-16-9-7-6-8-10-16/h6-10,17-18H,11-15H2,1-5H3/t17?,18-/m1/s1. The Kier molecular flexibility index (Phi) is 10.1. The van der Waals surface area contributed by atoms with Gasteiger partial charge in [-0.3, -0.25) is 0 Å². The monoisotopic (exact) mass is 340 g/mol. The number of rotatable bonds is 13. The van der Waals surface area contributed by atoms with Crippen LogP contribution in [0, 0.1) is 5.41 Å². The largest absolute Gasteiger partial charge is 0.382 e. The Labute approximate surface area is 146 Å². The van der Waals surface area contributed by atoms with E-state index in [1.165, 1.54) is 0 Å². The summed E-state index contributed by atoms with van der Waals surface area (Å²) in [5, 5.41) is 0. The topological polar surface area (TPSA) is 46.2 Å². The zero-order valence-corrected chi connectivity index (χ0v) is 15.6. The van der Waals surface area contributed by atoms with E-state index in [0.29, 0.717) is 19.8 Å². The van der Waals surface area contributed by atoms with Crippen LogP contribution in [0.1, 0.15) is 25.8 Å². The third-order valence-corrected chi connectivity index (χ3v) is 4.00. The van der Waals surface area contributed by atoms with E-state index in [4.69, 9.17) is 23.7 Å². The fourth-order valence-electron chi connectivity index (χ4n) is 2.52. The molecule has 0 amide bonds. The summed E-state index contributed by atoms with van der Waals surface area (Å²) in [4.78, 5) is 0. The molecule has 5 heteroatoms. The van der Waals surface area contributed by atoms with Crippen LogP contribution in [0.3, 0.4) is 0 Å². The molecule has 0 radical (unpaired) electrons. The molecule has 1 aromatic carbocycles. The van der Waals surface area contributed by atoms with Gasteiger partial charge < -0.3 is 23.7 Å². The van der Waals surface area contributed by atoms with Gasteiger partial charge in [0.25, 0.3) is 0 Å². The van der Waals surface area contributed by atoms with Crippen molar-refractivity contribution >= 4 is 0 Å². The van der Waals surface area contributed by atoms with Crippen molar-refractivity contribution < 1.29 is 23.7 Å². The second-order valence-electron chi connectivity index (χ2n) is 6.58. The van der Waals surface area contributed by atoms with Crippen LogP contribution in [0.2, 0.25) is 0 Å². The molecule has 0 saturated carbocycles. The fourth-order valence-corrected chi connectivity index (χ4v) is 2.52. The summed E-state index contributed by atoms with van der Waals surface area (Å²) in [5.41, 5.74) is 0.967. The van der Waals surface area contributed by atoms with E-state index in [1.807, 2.05) is 18.2 Å². The summed E-state index contributed by atoms with van der Waals surface area (Å²) < 4.78 is 27.6. The number of ether oxygens (including phenoxy) is 5. The highest BCUT2D eigenvalue weighted by atomic mass is 16.7. The number of hydrogen-bond acceptors (Lipinski definition) is 5. The van der Waals surface area contributed by atoms with E-state index in [2.05, 4.69) is 26.0 Å². The third kappa shape index (κ3) is 7.73. The van der Waals surface area contributed by atoms with E-state index < -0.39 is 0 Å². The molecule has 1 aromatic rings. The minimum Gasteiger partial charge on any atom is -0.382 e. The average Bonchev–Trinajstić information content (AvgIpc) is 2.58. The zero-order chi connectivity index (χ0) is 17.8. The van der Waals surface area contributed by atoms with Gasteiger partial charge in [-0.25, -0.2) is 0 Å². The lowest BCUT2D eigenvalue weighted by molar-refractivity contribution is -0.123. The predicted octanol–water partition coefficient (Wildman–Crippen LogP) is 3.27. The zero-order valence-electron chi connectivity index (χ0n) is 15.6. The van der Waals surface area contributed by atoms with Crippen molar-refractivity contribution in [3.8, 4) is 0 Å². The number of benzene rings is 1. The Morgan fingerprint density at radius 2 is 1.71 bits per heavy atom. The molecule has 1 rings (SSSR count). The molecule has 0 heterocycles. The van der Waals surface area contributed by atoms with Crippen molar-refractivity contribution in [2.75, 3.05) is 41.3 Å². The predicted molar refractivity (Wildman–Crippen MR) is 93.9 cm³/mol. The molecule has 5 nitrogen and oxygen atoms in total. The highest BCUT2D eigenvalue weighted by molar-refractivity contribution is 5.13. The van der Waals surface area contributed by atoms with E-state index in [9.17, 15) is 0 Å². The molecule has 0 aliphatic carbocycles. The smallest absolute Gasteiger partial charge is 0.146 e. The van der Waals surface area contributed by atoms with Crippen molar-refractivity contribution in [1.29, 1.82) is 0 Å². The molecule has 0 aromatic heterocycles. The molecule has 0 aliphatic heterocycles. The van der Waals surface area contributed by atoms with Crippen LogP contribution in [0.4, 0.5) is 0 Å². The van der Waals surface area contributed by atoms with Crippen LogP contribution in [-0.4, -0.2) is 53.5 Å². The van der Waals surface area contributed by atoms with Gasteiger partial charge in [0, 0.05) is 33.2 Å². The summed E-state index contributed by atoms with van der Waals surface area (Å²) in [7, 11) is 5.00. The van der Waals surface area contributed by atoms with E-state index in [-0.39, 0.29) is 24.4 Å². The Hall–Kier alpha value is -0.980. The summed E-state index contributed by atoms with van der Waals surface area (Å²) in [6.45, 7) is 6.19. The second kappa shape index (κ2) is 11.6. The van der Waals surface area contributed by atoms with Gasteiger partial charge in [0.2, 0.25) is 0 Å². The van der Waals surface area contributed by atoms with Gasteiger partial charge >= 0.3 is 0 Å². The molecule has 0 fully saturated rings. The minimum absolute atomic E-state index is 0.0162. The maximum atomic E-state index is 6.25. The molecule has 0 N–H and O–H groups in total. The van der Waals surface area contributed by atoms with Gasteiger partial charge in [-0.1, -0.05) is 44.2 Å². The Balaban J connectivity index is 2.72. The molecule has 0 bridgehead atoms. The molecule has 0 saturated heterocycles. The van der Waals surface area contributed by atoms with Crippen LogP contribution in [0.25, 0.3) is 0 Å². The normalized spacial score (nSPS) is 14.5. The van der Waals surface area contributed by atoms with Crippen molar-refractivity contribution in [1.82, 2.24) is 0 Å². The SMILES string of the molecule is COCOCC(C)(C)[C@@H](CC(COC)OC)OCc1ccccc1. The highest BCUT2D eigenvalue weighted by Gasteiger charge is 2.33. The molecule has 138 valence electrons. The summed E-state index contributed by atoms with van der Waals surface area (Å²) in [6.07, 6.45) is 0.688. The van der Waals surface area contributed by atoms with Crippen LogP contribution in [0.15, 0.2) is 30.3 Å². The third-order valence-electron chi connectivity index (χ3n) is 4.00. The van der Waals surface area contributed by atoms with E-state index >= 15 is 0 Å². The Morgan fingerprint density at radius 1 is 1.00 bits per heavy atom. The molecular formula is C19H32O5. The maximum absolute atomic E-state index is 6.25. The lowest BCUT2D eigenvalue weighted by atomic mass is 9.84. The molecule has 24 heavy (non-hydrogen) atoms. The summed E-state index contributed by atoms with van der Waals surface area (Å²) in [6, 6.07) is 10.2. The first-order valence-corrected chi connectivity index (χ1v) is 8.27. The van der Waals surface area contributed by atoms with Gasteiger partial charge in [-0.2, -0.15) is 0 Å². The fraction of sp³-hybridized carbons (Fsp3) is 0.684. The first-order chi connectivity index (χ1) is 11.5. The van der Waals surface area contributed by atoms with Gasteiger partial charge in [-0.15, -0.1) is 0 Å². The average molecular weight is 340 g/mol. The van der Waals surface area contributed by atoms with Gasteiger partial charge in [0.15, 0.2) is 0 Å². The second-order valence-corrected chi connectivity index (χ2v) is 6.58. The van der Waals surface area contributed by atoms with Crippen LogP contribution >= 0.6 is 0 Å². The number of hydrogen-bond donors (Lipinski definition) is 0. The molecular weight excluding hydrogens is 308 g/mol. The first-order valence-electron chi connectivity index (χ1n) is 8.27. The molecule has 1 unspecified atom stereocenters. The Bertz CT molecular complexity index is 421. The lowest BCUT2D eigenvalue weighted by Gasteiger charge is -2.36. The lowest BCUT2D eigenvalue weighted by Crippen LogP contribution is -2.40. The van der Waals surface area contributed by atoms with Gasteiger partial charge in [-0.05, 0) is 5.56 Å². The summed E-state index contributed by atoms with van der Waals surface area (Å²) in [5.74, 6) is 0. The van der Waals surface area contributed by atoms with Gasteiger partial charge in [0.1, 0.15) is 6.79 Å². The molecule has 2 atom stereocenters. The van der Waals surface area contributed by atoms with Crippen molar-refractivity contribution in [3.05, 3.63) is 35.9 Å². The van der Waals surface area contributed by atoms with Crippen LogP contribution in [-0.2, 0) is 30.3 Å². The van der Waals surface area contributed by atoms with Crippen molar-refractivity contribution in [2.45, 2.75) is 39.1 Å². The van der Waals surface area contributed by atoms with Crippen LogP contribution < -0.4 is 0 Å². The van der Waals surface area contributed by atoms with Crippen molar-refractivity contribution in [3.63, 3.8) is 0 Å². The minimum atomic E-state index is -0.183. The van der Waals surface area contributed by atoms with E-state index in [1.54, 1.807) is 21.3 Å². The van der Waals surface area contributed by atoms with E-state index in [0.717, 1.165) is 12.0 Å². The van der Waals surface area contributed by atoms with Crippen LogP contribution in [0.5, 0.6) is 0 Å². The quantitative estimate of drug-likeness (QED) is 0.407.